The molecule has 0 radical (unpaired) electrons. The van der Waals surface area contributed by atoms with Crippen molar-refractivity contribution < 1.29 is 13.2 Å². The molecule has 1 aliphatic carbocycles. The number of hydrogen-bond donors (Lipinski definition) is 1. The number of nitrogens with zero attached hydrogens (tertiary/aromatic N) is 1. The highest BCUT2D eigenvalue weighted by Gasteiger charge is 2.34. The van der Waals surface area contributed by atoms with Gasteiger partial charge in [0.1, 0.15) is 4.90 Å². The number of hydrogen-bond acceptors (Lipinski definition) is 3. The third-order valence-corrected chi connectivity index (χ3v) is 5.29. The van der Waals surface area contributed by atoms with Crippen LogP contribution in [0, 0.1) is 0 Å². The van der Waals surface area contributed by atoms with Crippen molar-refractivity contribution in [3.05, 3.63) is 26.7 Å². The minimum absolute atomic E-state index is 0.0819. The summed E-state index contributed by atoms with van der Waals surface area (Å²) in [6.07, 6.45) is 1.78. The Labute approximate surface area is 131 Å². The van der Waals surface area contributed by atoms with Gasteiger partial charge in [-0.25, -0.2) is 13.6 Å². The average molecular weight is 358 g/mol. The van der Waals surface area contributed by atoms with Crippen molar-refractivity contribution in [1.82, 2.24) is 4.90 Å². The quantitative estimate of drug-likeness (QED) is 0.844. The monoisotopic (exact) mass is 356 g/mol. The maximum atomic E-state index is 12.4. The second-order valence-corrected chi connectivity index (χ2v) is 7.24. The fourth-order valence-corrected chi connectivity index (χ4v) is 3.51. The zero-order valence-corrected chi connectivity index (χ0v) is 13.4. The molecule has 1 aliphatic rings. The molecule has 0 unspecified atom stereocenters. The van der Waals surface area contributed by atoms with E-state index in [1.807, 2.05) is 0 Å². The van der Waals surface area contributed by atoms with Gasteiger partial charge in [-0.15, -0.1) is 0 Å². The molecule has 1 amide bonds. The fourth-order valence-electron chi connectivity index (χ4n) is 1.78. The number of carbonyl (C=O) groups is 1. The van der Waals surface area contributed by atoms with Crippen molar-refractivity contribution in [2.24, 2.45) is 5.14 Å². The van der Waals surface area contributed by atoms with Gasteiger partial charge < -0.3 is 4.90 Å². The lowest BCUT2D eigenvalue weighted by Gasteiger charge is -2.19. The lowest BCUT2D eigenvalue weighted by Crippen LogP contribution is -2.29. The summed E-state index contributed by atoms with van der Waals surface area (Å²) in [6, 6.07) is 1.15. The highest BCUT2D eigenvalue weighted by molar-refractivity contribution is 7.89. The molecule has 2 N–H and O–H groups in total. The van der Waals surface area contributed by atoms with Crippen molar-refractivity contribution in [3.63, 3.8) is 0 Å². The Hall–Kier alpha value is -0.530. The van der Waals surface area contributed by atoms with Gasteiger partial charge in [0.15, 0.2) is 0 Å². The number of halogens is 3. The van der Waals surface area contributed by atoms with E-state index < -0.39 is 20.8 Å². The molecule has 0 aliphatic heterocycles. The number of benzene rings is 1. The number of carbonyl (C=O) groups excluding carboxylic acids is 1. The highest BCUT2D eigenvalue weighted by atomic mass is 35.5. The van der Waals surface area contributed by atoms with Crippen LogP contribution in [0.4, 0.5) is 0 Å². The molecule has 110 valence electrons. The molecular formula is C11H11Cl3N2O3S. The summed E-state index contributed by atoms with van der Waals surface area (Å²) in [5.74, 6) is -0.477. The topological polar surface area (TPSA) is 80.5 Å². The van der Waals surface area contributed by atoms with Gasteiger partial charge in [-0.3, -0.25) is 4.79 Å². The van der Waals surface area contributed by atoms with E-state index in [1.54, 1.807) is 7.05 Å². The van der Waals surface area contributed by atoms with Gasteiger partial charge in [0, 0.05) is 13.1 Å². The minimum atomic E-state index is -4.10. The standard InChI is InChI=1S/C11H11Cl3N2O3S/c1-16(5-2-3-5)11(17)8-9(13)6(12)4-7(10(8)14)20(15,18)19/h4-5H,2-3H2,1H3,(H2,15,18,19). The second kappa shape index (κ2) is 5.35. The SMILES string of the molecule is CN(C(=O)c1c(Cl)c(Cl)cc(S(N)(=O)=O)c1Cl)C1CC1. The predicted molar refractivity (Wildman–Crippen MR) is 78.0 cm³/mol. The molecule has 0 saturated heterocycles. The highest BCUT2D eigenvalue weighted by Crippen LogP contribution is 2.38. The van der Waals surface area contributed by atoms with Gasteiger partial charge in [0.05, 0.1) is 20.6 Å². The zero-order chi connectivity index (χ0) is 15.2. The Kier molecular flexibility index (Phi) is 4.24. The van der Waals surface area contributed by atoms with E-state index in [-0.39, 0.29) is 26.7 Å². The molecule has 0 bridgehead atoms. The lowest BCUT2D eigenvalue weighted by molar-refractivity contribution is 0.0785. The molecule has 1 fully saturated rings. The van der Waals surface area contributed by atoms with Crippen molar-refractivity contribution in [2.45, 2.75) is 23.8 Å². The summed E-state index contributed by atoms with van der Waals surface area (Å²) in [7, 11) is -2.50. The van der Waals surface area contributed by atoms with Crippen LogP contribution in [0.15, 0.2) is 11.0 Å². The van der Waals surface area contributed by atoms with E-state index >= 15 is 0 Å². The van der Waals surface area contributed by atoms with Gasteiger partial charge >= 0.3 is 0 Å². The van der Waals surface area contributed by atoms with Crippen molar-refractivity contribution in [3.8, 4) is 0 Å². The summed E-state index contributed by atoms with van der Waals surface area (Å²) in [6.45, 7) is 0. The molecule has 9 heteroatoms. The molecular weight excluding hydrogens is 347 g/mol. The van der Waals surface area contributed by atoms with E-state index in [2.05, 4.69) is 0 Å². The van der Waals surface area contributed by atoms with Gasteiger partial charge in [0.25, 0.3) is 5.91 Å². The molecule has 0 atom stereocenters. The Morgan fingerprint density at radius 2 is 1.85 bits per heavy atom. The summed E-state index contributed by atoms with van der Waals surface area (Å²) in [5.41, 5.74) is -0.140. The molecule has 5 nitrogen and oxygen atoms in total. The molecule has 1 aromatic rings. The van der Waals surface area contributed by atoms with Gasteiger partial charge in [-0.2, -0.15) is 0 Å². The van der Waals surface area contributed by atoms with Crippen LogP contribution in [0.25, 0.3) is 0 Å². The van der Waals surface area contributed by atoms with Gasteiger partial charge in [0.2, 0.25) is 10.0 Å². The van der Waals surface area contributed by atoms with Gasteiger partial charge in [-0.05, 0) is 18.9 Å². The maximum Gasteiger partial charge on any atom is 0.256 e. The van der Waals surface area contributed by atoms with Crippen LogP contribution in [0.3, 0.4) is 0 Å². The van der Waals surface area contributed by atoms with E-state index in [1.165, 1.54) is 4.90 Å². The second-order valence-electron chi connectivity index (χ2n) is 4.55. The van der Waals surface area contributed by atoms with E-state index in [0.717, 1.165) is 18.9 Å². The molecule has 2 rings (SSSR count). The Balaban J connectivity index is 2.62. The minimum Gasteiger partial charge on any atom is -0.339 e. The van der Waals surface area contributed by atoms with Crippen LogP contribution in [0.5, 0.6) is 0 Å². The average Bonchev–Trinajstić information content (AvgIpc) is 3.15. The summed E-state index contributed by atoms with van der Waals surface area (Å²) < 4.78 is 22.9. The number of rotatable bonds is 3. The van der Waals surface area contributed by atoms with Crippen LogP contribution in [0.2, 0.25) is 15.1 Å². The van der Waals surface area contributed by atoms with Crippen LogP contribution in [-0.2, 0) is 10.0 Å². The first-order valence-corrected chi connectivity index (χ1v) is 8.30. The first-order chi connectivity index (χ1) is 9.14. The van der Waals surface area contributed by atoms with Crippen molar-refractivity contribution in [1.29, 1.82) is 0 Å². The summed E-state index contributed by atoms with van der Waals surface area (Å²) in [5, 5.41) is 4.58. The summed E-state index contributed by atoms with van der Waals surface area (Å²) >= 11 is 17.8. The predicted octanol–water partition coefficient (Wildman–Crippen LogP) is 2.53. The molecule has 20 heavy (non-hydrogen) atoms. The number of primary sulfonamides is 1. The zero-order valence-electron chi connectivity index (χ0n) is 10.4. The maximum absolute atomic E-state index is 12.4. The van der Waals surface area contributed by atoms with Crippen LogP contribution in [-0.4, -0.2) is 32.3 Å². The molecule has 0 spiro atoms. The Bertz CT molecular complexity index is 687. The molecule has 0 aromatic heterocycles. The first-order valence-electron chi connectivity index (χ1n) is 5.62. The summed E-state index contributed by atoms with van der Waals surface area (Å²) in [4.78, 5) is 13.4. The number of nitrogens with two attached hydrogens (primary N) is 1. The van der Waals surface area contributed by atoms with Crippen LogP contribution >= 0.6 is 34.8 Å². The number of amides is 1. The third-order valence-electron chi connectivity index (χ3n) is 3.06. The normalized spacial score (nSPS) is 15.2. The molecule has 1 aromatic carbocycles. The lowest BCUT2D eigenvalue weighted by atomic mass is 10.2. The van der Waals surface area contributed by atoms with Crippen LogP contribution in [0.1, 0.15) is 23.2 Å². The smallest absolute Gasteiger partial charge is 0.256 e. The Morgan fingerprint density at radius 3 is 2.30 bits per heavy atom. The largest absolute Gasteiger partial charge is 0.339 e. The van der Waals surface area contributed by atoms with E-state index in [9.17, 15) is 13.2 Å². The van der Waals surface area contributed by atoms with Gasteiger partial charge in [-0.1, -0.05) is 34.8 Å². The Morgan fingerprint density at radius 1 is 1.30 bits per heavy atom. The first kappa shape index (κ1) is 15.9. The molecule has 1 saturated carbocycles. The van der Waals surface area contributed by atoms with E-state index in [4.69, 9.17) is 39.9 Å². The fraction of sp³-hybridized carbons (Fsp3) is 0.364. The number of sulfonamides is 1. The van der Waals surface area contributed by atoms with Crippen LogP contribution < -0.4 is 5.14 Å². The van der Waals surface area contributed by atoms with E-state index in [0.29, 0.717) is 0 Å². The molecule has 0 heterocycles. The van der Waals surface area contributed by atoms with Crippen molar-refractivity contribution >= 4 is 50.7 Å². The van der Waals surface area contributed by atoms with Crippen molar-refractivity contribution in [2.75, 3.05) is 7.05 Å². The third kappa shape index (κ3) is 2.89.